The molecule has 0 bridgehead atoms. The molecular weight excluding hydrogens is 454 g/mol. The van der Waals surface area contributed by atoms with Gasteiger partial charge in [-0.15, -0.1) is 0 Å². The molecule has 2 aliphatic heterocycles. The van der Waals surface area contributed by atoms with Crippen LogP contribution < -0.4 is 14.5 Å². The first-order chi connectivity index (χ1) is 17.3. The number of nitrogens with zero attached hydrogens (tertiary/aromatic N) is 3. The van der Waals surface area contributed by atoms with Crippen molar-refractivity contribution in [3.05, 3.63) is 53.6 Å². The van der Waals surface area contributed by atoms with E-state index in [9.17, 15) is 14.4 Å². The molecule has 192 valence electrons. The van der Waals surface area contributed by atoms with Crippen molar-refractivity contribution in [1.29, 1.82) is 0 Å². The van der Waals surface area contributed by atoms with Gasteiger partial charge in [-0.25, -0.2) is 0 Å². The smallest absolute Gasteiger partial charge is 0.264 e. The summed E-state index contributed by atoms with van der Waals surface area (Å²) in [6.07, 6.45) is 5.59. The second-order valence-electron chi connectivity index (χ2n) is 10.2. The van der Waals surface area contributed by atoms with E-state index in [0.29, 0.717) is 43.1 Å². The fourth-order valence-electron chi connectivity index (χ4n) is 4.90. The first-order valence-corrected chi connectivity index (χ1v) is 13.1. The minimum Gasteiger partial charge on any atom is -0.482 e. The van der Waals surface area contributed by atoms with E-state index in [-0.39, 0.29) is 30.2 Å². The maximum Gasteiger partial charge on any atom is 0.264 e. The molecule has 2 aliphatic rings. The summed E-state index contributed by atoms with van der Waals surface area (Å²) in [6, 6.07) is 13.2. The first kappa shape index (κ1) is 25.7. The maximum atomic E-state index is 13.8. The Morgan fingerprint density at radius 2 is 1.67 bits per heavy atom. The van der Waals surface area contributed by atoms with Crippen LogP contribution in [0.4, 0.5) is 11.4 Å². The van der Waals surface area contributed by atoms with Gasteiger partial charge in [0.2, 0.25) is 5.91 Å². The van der Waals surface area contributed by atoms with E-state index in [1.54, 1.807) is 30.1 Å². The molecule has 0 N–H and O–H groups in total. The lowest BCUT2D eigenvalue weighted by atomic mass is 10.0. The molecule has 7 nitrogen and oxygen atoms in total. The molecule has 3 amide bonds. The van der Waals surface area contributed by atoms with Gasteiger partial charge in [0.1, 0.15) is 5.75 Å². The average molecular weight is 492 g/mol. The van der Waals surface area contributed by atoms with Crippen molar-refractivity contribution in [2.45, 2.75) is 58.9 Å². The van der Waals surface area contributed by atoms with Gasteiger partial charge in [-0.1, -0.05) is 51.3 Å². The lowest BCUT2D eigenvalue weighted by molar-refractivity contribution is -0.121. The number of ether oxygens (including phenoxy) is 1. The molecule has 0 saturated heterocycles. The summed E-state index contributed by atoms with van der Waals surface area (Å²) in [4.78, 5) is 44.4. The van der Waals surface area contributed by atoms with E-state index in [2.05, 4.69) is 13.8 Å². The third-order valence-corrected chi connectivity index (χ3v) is 6.92. The van der Waals surface area contributed by atoms with E-state index < -0.39 is 0 Å². The molecule has 0 atom stereocenters. The van der Waals surface area contributed by atoms with Gasteiger partial charge in [-0.2, -0.15) is 0 Å². The number of carbonyl (C=O) groups is 3. The van der Waals surface area contributed by atoms with Crippen molar-refractivity contribution in [2.75, 3.05) is 36.5 Å². The predicted molar refractivity (Wildman–Crippen MR) is 141 cm³/mol. The van der Waals surface area contributed by atoms with E-state index in [4.69, 9.17) is 4.74 Å². The average Bonchev–Trinajstić information content (AvgIpc) is 2.85. The molecule has 4 rings (SSSR count). The van der Waals surface area contributed by atoms with Gasteiger partial charge in [0.15, 0.2) is 6.61 Å². The molecule has 0 aromatic heterocycles. The number of anilines is 2. The standard InChI is InChI=1S/C29H37N3O4/c1-21(2)17-27(33)32-16-10-6-4-5-9-15-31(19-23-11-7-8-12-24(23)32)29(35)22-13-14-26-25(18-22)30(3)28(34)20-36-26/h7-8,11-14,18,21H,4-6,9-10,15-17,19-20H2,1-3H3. The van der Waals surface area contributed by atoms with Gasteiger partial charge in [0.05, 0.1) is 5.69 Å². The van der Waals surface area contributed by atoms with E-state index in [1.165, 1.54) is 0 Å². The van der Waals surface area contributed by atoms with E-state index in [1.807, 2.05) is 34.1 Å². The number of amides is 3. The Bertz CT molecular complexity index is 1110. The highest BCUT2D eigenvalue weighted by Gasteiger charge is 2.26. The van der Waals surface area contributed by atoms with Crippen molar-refractivity contribution in [3.8, 4) is 5.75 Å². The van der Waals surface area contributed by atoms with Crippen molar-refractivity contribution < 1.29 is 19.1 Å². The summed E-state index contributed by atoms with van der Waals surface area (Å²) in [5.41, 5.74) is 3.00. The van der Waals surface area contributed by atoms with Crippen LogP contribution in [0.3, 0.4) is 0 Å². The quantitative estimate of drug-likeness (QED) is 0.604. The molecule has 2 aromatic rings. The van der Waals surface area contributed by atoms with Crippen molar-refractivity contribution in [2.24, 2.45) is 5.92 Å². The summed E-state index contributed by atoms with van der Waals surface area (Å²) in [7, 11) is 1.70. The number of benzene rings is 2. The molecule has 0 unspecified atom stereocenters. The minimum atomic E-state index is -0.140. The summed E-state index contributed by atoms with van der Waals surface area (Å²) < 4.78 is 5.53. The van der Waals surface area contributed by atoms with E-state index in [0.717, 1.165) is 43.4 Å². The third kappa shape index (κ3) is 5.89. The molecule has 7 heteroatoms. The van der Waals surface area contributed by atoms with Crippen LogP contribution in [0, 0.1) is 5.92 Å². The zero-order chi connectivity index (χ0) is 25.7. The van der Waals surface area contributed by atoms with Crippen LogP contribution in [0.2, 0.25) is 0 Å². The molecule has 0 aliphatic carbocycles. The second-order valence-corrected chi connectivity index (χ2v) is 10.2. The number of para-hydroxylation sites is 1. The van der Waals surface area contributed by atoms with Gasteiger partial charge in [0, 0.05) is 44.4 Å². The zero-order valence-corrected chi connectivity index (χ0v) is 21.7. The largest absolute Gasteiger partial charge is 0.482 e. The summed E-state index contributed by atoms with van der Waals surface area (Å²) in [6.45, 7) is 5.89. The molecule has 0 spiro atoms. The Morgan fingerprint density at radius 3 is 2.44 bits per heavy atom. The molecular formula is C29H37N3O4. The third-order valence-electron chi connectivity index (χ3n) is 6.92. The lowest BCUT2D eigenvalue weighted by Gasteiger charge is -2.30. The number of likely N-dealkylation sites (N-methyl/N-ethyl adjacent to an activating group) is 1. The summed E-state index contributed by atoms with van der Waals surface area (Å²) in [5.74, 6) is 0.790. The van der Waals surface area contributed by atoms with Crippen LogP contribution in [-0.2, 0) is 16.1 Å². The molecule has 2 heterocycles. The summed E-state index contributed by atoms with van der Waals surface area (Å²) in [5, 5.41) is 0. The topological polar surface area (TPSA) is 70.2 Å². The monoisotopic (exact) mass is 491 g/mol. The fourth-order valence-corrected chi connectivity index (χ4v) is 4.90. The van der Waals surface area contributed by atoms with Crippen LogP contribution in [0.5, 0.6) is 5.75 Å². The van der Waals surface area contributed by atoms with Crippen molar-refractivity contribution >= 4 is 29.1 Å². The Balaban J connectivity index is 1.65. The molecule has 0 radical (unpaired) electrons. The maximum absolute atomic E-state index is 13.8. The van der Waals surface area contributed by atoms with Crippen molar-refractivity contribution in [3.63, 3.8) is 0 Å². The summed E-state index contributed by atoms with van der Waals surface area (Å²) >= 11 is 0. The van der Waals surface area contributed by atoms with Crippen molar-refractivity contribution in [1.82, 2.24) is 4.90 Å². The van der Waals surface area contributed by atoms with Gasteiger partial charge in [0.25, 0.3) is 11.8 Å². The highest BCUT2D eigenvalue weighted by Crippen LogP contribution is 2.33. The first-order valence-electron chi connectivity index (χ1n) is 13.1. The molecule has 0 saturated carbocycles. The number of hydrogen-bond acceptors (Lipinski definition) is 4. The molecule has 0 fully saturated rings. The zero-order valence-electron chi connectivity index (χ0n) is 21.7. The fraction of sp³-hybridized carbons (Fsp3) is 0.483. The normalized spacial score (nSPS) is 17.0. The Kier molecular flexibility index (Phi) is 8.28. The Hall–Kier alpha value is -3.35. The van der Waals surface area contributed by atoms with Crippen LogP contribution in [0.15, 0.2) is 42.5 Å². The van der Waals surface area contributed by atoms with Gasteiger partial charge >= 0.3 is 0 Å². The van der Waals surface area contributed by atoms with Gasteiger partial charge < -0.3 is 19.4 Å². The number of rotatable bonds is 3. The Labute approximate surface area is 214 Å². The number of fused-ring (bicyclic) bond motifs is 2. The highest BCUT2D eigenvalue weighted by molar-refractivity contribution is 6.01. The minimum absolute atomic E-state index is 0.00569. The molecule has 2 aromatic carbocycles. The SMILES string of the molecule is CC(C)CC(=O)N1CCCCCCCN(C(=O)c2ccc3c(c2)N(C)C(=O)CO3)Cc2ccccc21. The molecule has 36 heavy (non-hydrogen) atoms. The predicted octanol–water partition coefficient (Wildman–Crippen LogP) is 5.03. The number of carbonyl (C=O) groups excluding carboxylic acids is 3. The second kappa shape index (κ2) is 11.6. The lowest BCUT2D eigenvalue weighted by Crippen LogP contribution is -2.37. The van der Waals surface area contributed by atoms with Crippen LogP contribution in [0.1, 0.15) is 68.3 Å². The van der Waals surface area contributed by atoms with Crippen LogP contribution in [-0.4, -0.2) is 49.4 Å². The van der Waals surface area contributed by atoms with E-state index >= 15 is 0 Å². The van der Waals surface area contributed by atoms with Gasteiger partial charge in [-0.3, -0.25) is 14.4 Å². The van der Waals surface area contributed by atoms with Crippen LogP contribution >= 0.6 is 0 Å². The Morgan fingerprint density at radius 1 is 0.944 bits per heavy atom. The van der Waals surface area contributed by atoms with Gasteiger partial charge in [-0.05, 0) is 48.6 Å². The van der Waals surface area contributed by atoms with Crippen LogP contribution in [0.25, 0.3) is 0 Å². The number of hydrogen-bond donors (Lipinski definition) is 0. The highest BCUT2D eigenvalue weighted by atomic mass is 16.5.